The number of fused-ring (bicyclic) bond motifs is 1. The minimum atomic E-state index is -3.74. The zero-order valence-corrected chi connectivity index (χ0v) is 22.7. The number of carbonyl (C=O) groups is 1. The van der Waals surface area contributed by atoms with Crippen LogP contribution in [0, 0.1) is 13.8 Å². The van der Waals surface area contributed by atoms with Gasteiger partial charge in [-0.3, -0.25) is 9.10 Å². The maximum absolute atomic E-state index is 13.3. The van der Waals surface area contributed by atoms with E-state index in [0.29, 0.717) is 41.2 Å². The van der Waals surface area contributed by atoms with Gasteiger partial charge >= 0.3 is 0 Å². The Labute approximate surface area is 217 Å². The highest BCUT2D eigenvalue weighted by atomic mass is 32.2. The van der Waals surface area contributed by atoms with Crippen LogP contribution in [0.5, 0.6) is 5.75 Å². The van der Waals surface area contributed by atoms with Crippen LogP contribution < -0.4 is 14.4 Å². The van der Waals surface area contributed by atoms with Crippen molar-refractivity contribution >= 4 is 37.3 Å². The van der Waals surface area contributed by atoms with E-state index in [4.69, 9.17) is 4.74 Å². The summed E-state index contributed by atoms with van der Waals surface area (Å²) in [5.74, 6) is -0.108. The number of ether oxygens (including phenoxy) is 1. The van der Waals surface area contributed by atoms with Crippen LogP contribution in [-0.4, -0.2) is 54.3 Å². The molecule has 11 heteroatoms. The van der Waals surface area contributed by atoms with Gasteiger partial charge in [0, 0.05) is 26.3 Å². The predicted octanol–water partition coefficient (Wildman–Crippen LogP) is 3.32. The summed E-state index contributed by atoms with van der Waals surface area (Å²) in [6, 6.07) is 16.5. The average molecular weight is 544 g/mol. The maximum Gasteiger partial charge on any atom is 0.264 e. The van der Waals surface area contributed by atoms with Crippen molar-refractivity contribution in [2.45, 2.75) is 30.1 Å². The van der Waals surface area contributed by atoms with Crippen molar-refractivity contribution in [3.8, 4) is 5.75 Å². The van der Waals surface area contributed by atoms with Gasteiger partial charge in [0.25, 0.3) is 15.9 Å². The topological polar surface area (TPSA) is 113 Å². The third kappa shape index (κ3) is 5.34. The molecule has 0 aliphatic carbocycles. The molecule has 37 heavy (non-hydrogen) atoms. The van der Waals surface area contributed by atoms with Crippen LogP contribution >= 0.6 is 0 Å². The lowest BCUT2D eigenvalue weighted by Crippen LogP contribution is -2.29. The summed E-state index contributed by atoms with van der Waals surface area (Å²) in [7, 11) is -4.53. The Balaban J connectivity index is 1.45. The Morgan fingerprint density at radius 3 is 2.35 bits per heavy atom. The molecule has 196 valence electrons. The van der Waals surface area contributed by atoms with Crippen molar-refractivity contribution in [1.29, 1.82) is 0 Å². The molecule has 0 saturated carbocycles. The Bertz CT molecular complexity index is 1570. The maximum atomic E-state index is 13.3. The van der Waals surface area contributed by atoms with Crippen molar-refractivity contribution in [3.63, 3.8) is 0 Å². The molecule has 1 amide bonds. The van der Waals surface area contributed by atoms with E-state index in [2.05, 4.69) is 5.32 Å². The van der Waals surface area contributed by atoms with Gasteiger partial charge in [0.2, 0.25) is 10.0 Å². The summed E-state index contributed by atoms with van der Waals surface area (Å²) in [4.78, 5) is 12.8. The number of amides is 1. The molecule has 3 aromatic carbocycles. The first kappa shape index (κ1) is 26.6. The normalized spacial score (nSPS) is 13.5. The largest absolute Gasteiger partial charge is 0.483 e. The van der Waals surface area contributed by atoms with Crippen molar-refractivity contribution in [2.24, 2.45) is 0 Å². The van der Waals surface area contributed by atoms with Crippen molar-refractivity contribution in [2.75, 3.05) is 36.9 Å². The zero-order valence-electron chi connectivity index (χ0n) is 21.1. The molecule has 0 aromatic heterocycles. The number of nitrogens with zero attached hydrogens (tertiary/aromatic N) is 2. The molecule has 1 aliphatic rings. The Morgan fingerprint density at radius 1 is 0.946 bits per heavy atom. The monoisotopic (exact) mass is 543 g/mol. The summed E-state index contributed by atoms with van der Waals surface area (Å²) < 4.78 is 59.5. The fourth-order valence-electron chi connectivity index (χ4n) is 4.07. The SMILES string of the molecule is Cc1ccc(S(=O)(=O)N(C)C)cc1NC(=O)COc1ccc(S(=O)(=O)N2CCc3ccccc32)cc1C. The molecular formula is C26H29N3O6S2. The molecule has 9 nitrogen and oxygen atoms in total. The second-order valence-electron chi connectivity index (χ2n) is 8.98. The van der Waals surface area contributed by atoms with E-state index in [1.165, 1.54) is 48.7 Å². The number of hydrogen-bond donors (Lipinski definition) is 1. The smallest absolute Gasteiger partial charge is 0.264 e. The summed E-state index contributed by atoms with van der Waals surface area (Å²) in [6.45, 7) is 3.51. The van der Waals surface area contributed by atoms with Crippen LogP contribution in [0.4, 0.5) is 11.4 Å². The fourth-order valence-corrected chi connectivity index (χ4v) is 6.58. The first-order chi connectivity index (χ1) is 17.4. The number of benzene rings is 3. The molecule has 1 heterocycles. The molecule has 3 aromatic rings. The molecule has 1 N–H and O–H groups in total. The molecule has 4 rings (SSSR count). The van der Waals surface area contributed by atoms with Gasteiger partial charge < -0.3 is 10.1 Å². The number of para-hydroxylation sites is 1. The molecule has 0 spiro atoms. The van der Waals surface area contributed by atoms with E-state index in [1.54, 1.807) is 26.0 Å². The number of carbonyl (C=O) groups excluding carboxylic acids is 1. The number of anilines is 2. The Kier molecular flexibility index (Phi) is 7.31. The highest BCUT2D eigenvalue weighted by Gasteiger charge is 2.31. The Morgan fingerprint density at radius 2 is 1.65 bits per heavy atom. The van der Waals surface area contributed by atoms with E-state index in [1.807, 2.05) is 18.2 Å². The van der Waals surface area contributed by atoms with Gasteiger partial charge in [0.1, 0.15) is 5.75 Å². The second kappa shape index (κ2) is 10.2. The van der Waals surface area contributed by atoms with Gasteiger partial charge in [-0.05, 0) is 73.4 Å². The lowest BCUT2D eigenvalue weighted by molar-refractivity contribution is -0.118. The van der Waals surface area contributed by atoms with E-state index < -0.39 is 26.0 Å². The standard InChI is InChI=1S/C26H29N3O6S2/c1-18-9-10-22(36(31,32)28(3)4)16-23(18)27-26(30)17-35-25-12-11-21(15-19(25)2)37(33,34)29-14-13-20-7-5-6-8-24(20)29/h5-12,15-16H,13-14,17H2,1-4H3,(H,27,30). The molecule has 0 fully saturated rings. The summed E-state index contributed by atoms with van der Waals surface area (Å²) in [5, 5.41) is 2.68. The van der Waals surface area contributed by atoms with Crippen LogP contribution in [0.25, 0.3) is 0 Å². The molecule has 1 aliphatic heterocycles. The van der Waals surface area contributed by atoms with E-state index in [-0.39, 0.29) is 16.4 Å². The fraction of sp³-hybridized carbons (Fsp3) is 0.269. The van der Waals surface area contributed by atoms with Gasteiger partial charge in [0.15, 0.2) is 6.61 Å². The van der Waals surface area contributed by atoms with Crippen molar-refractivity contribution in [3.05, 3.63) is 77.4 Å². The highest BCUT2D eigenvalue weighted by molar-refractivity contribution is 7.92. The van der Waals surface area contributed by atoms with Crippen LogP contribution in [0.1, 0.15) is 16.7 Å². The summed E-state index contributed by atoms with van der Waals surface area (Å²) in [6.07, 6.45) is 0.661. The minimum absolute atomic E-state index is 0.0626. The number of sulfonamides is 2. The number of nitrogens with one attached hydrogen (secondary N) is 1. The van der Waals surface area contributed by atoms with Crippen LogP contribution in [0.15, 0.2) is 70.5 Å². The van der Waals surface area contributed by atoms with E-state index >= 15 is 0 Å². The Hall–Kier alpha value is -3.41. The van der Waals surface area contributed by atoms with Gasteiger partial charge in [0.05, 0.1) is 15.5 Å². The zero-order chi connectivity index (χ0) is 27.0. The van der Waals surface area contributed by atoms with Crippen molar-refractivity contribution in [1.82, 2.24) is 4.31 Å². The van der Waals surface area contributed by atoms with E-state index in [9.17, 15) is 21.6 Å². The van der Waals surface area contributed by atoms with Gasteiger partial charge in [-0.15, -0.1) is 0 Å². The molecule has 0 bridgehead atoms. The second-order valence-corrected chi connectivity index (χ2v) is 13.0. The van der Waals surface area contributed by atoms with Gasteiger partial charge in [-0.2, -0.15) is 0 Å². The molecule has 0 unspecified atom stereocenters. The van der Waals surface area contributed by atoms with Crippen LogP contribution in [0.3, 0.4) is 0 Å². The summed E-state index contributed by atoms with van der Waals surface area (Å²) >= 11 is 0. The molecule has 0 saturated heterocycles. The number of aryl methyl sites for hydroxylation is 2. The highest BCUT2D eigenvalue weighted by Crippen LogP contribution is 2.33. The third-order valence-corrected chi connectivity index (χ3v) is 9.82. The predicted molar refractivity (Wildman–Crippen MR) is 142 cm³/mol. The van der Waals surface area contributed by atoms with Crippen LogP contribution in [-0.2, 0) is 31.3 Å². The van der Waals surface area contributed by atoms with Crippen molar-refractivity contribution < 1.29 is 26.4 Å². The van der Waals surface area contributed by atoms with Gasteiger partial charge in [-0.25, -0.2) is 21.1 Å². The molecule has 0 atom stereocenters. The first-order valence-corrected chi connectivity index (χ1v) is 14.5. The lowest BCUT2D eigenvalue weighted by Gasteiger charge is -2.20. The average Bonchev–Trinajstić information content (AvgIpc) is 3.29. The summed E-state index contributed by atoms with van der Waals surface area (Å²) in [5.41, 5.74) is 3.31. The quantitative estimate of drug-likeness (QED) is 0.466. The first-order valence-electron chi connectivity index (χ1n) is 11.6. The minimum Gasteiger partial charge on any atom is -0.483 e. The molecule has 0 radical (unpaired) electrons. The van der Waals surface area contributed by atoms with Crippen LogP contribution in [0.2, 0.25) is 0 Å². The molecular weight excluding hydrogens is 514 g/mol. The van der Waals surface area contributed by atoms with Gasteiger partial charge in [-0.1, -0.05) is 24.3 Å². The third-order valence-electron chi connectivity index (χ3n) is 6.20. The van der Waals surface area contributed by atoms with E-state index in [0.717, 1.165) is 9.87 Å². The lowest BCUT2D eigenvalue weighted by atomic mass is 10.2. The number of hydrogen-bond acceptors (Lipinski definition) is 6. The number of rotatable bonds is 8.